The monoisotopic (exact) mass is 545 g/mol. The summed E-state index contributed by atoms with van der Waals surface area (Å²) >= 11 is 0.950. The van der Waals surface area contributed by atoms with Crippen LogP contribution < -0.4 is 15.5 Å². The van der Waals surface area contributed by atoms with Crippen LogP contribution in [0.3, 0.4) is 0 Å². The minimum atomic E-state index is -4.40. The quantitative estimate of drug-likeness (QED) is 0.386. The van der Waals surface area contributed by atoms with Crippen molar-refractivity contribution in [3.63, 3.8) is 0 Å². The van der Waals surface area contributed by atoms with Crippen molar-refractivity contribution in [1.82, 2.24) is 20.6 Å². The van der Waals surface area contributed by atoms with E-state index < -0.39 is 18.0 Å². The number of hydrogen-bond donors (Lipinski definition) is 3. The molecule has 2 saturated heterocycles. The standard InChI is InChI=1S/C26H26F3N5O3S/c27-26(28,29)18-3-1-2-17(12-18)21-5-4-20(37-21)15-30-14-16-7-10-34(11-8-16)24-31-9-6-19(32-24)13-22-23(35)33-25(36)38-22/h1-6,9,12-13,16,23,30,35H,7-8,10-11,14-15H2,(H,33,36)/b22-13-. The molecule has 3 aromatic rings. The number of amides is 1. The Labute approximate surface area is 221 Å². The van der Waals surface area contributed by atoms with E-state index in [1.807, 2.05) is 0 Å². The first kappa shape index (κ1) is 26.3. The van der Waals surface area contributed by atoms with Crippen LogP contribution in [0.25, 0.3) is 17.4 Å². The SMILES string of the molecule is O=C1NC(O)/C(=C/c2ccnc(N3CCC(CNCc4ccc(-c5cccc(C(F)(F)F)c5)o4)CC3)n2)S1. The van der Waals surface area contributed by atoms with Crippen molar-refractivity contribution in [2.75, 3.05) is 24.5 Å². The first-order valence-electron chi connectivity index (χ1n) is 12.2. The van der Waals surface area contributed by atoms with E-state index in [-0.39, 0.29) is 5.24 Å². The maximum absolute atomic E-state index is 13.0. The summed E-state index contributed by atoms with van der Waals surface area (Å²) in [6, 6.07) is 10.3. The maximum atomic E-state index is 13.0. The third-order valence-electron chi connectivity index (χ3n) is 6.45. The molecule has 2 aliphatic heterocycles. The highest BCUT2D eigenvalue weighted by molar-refractivity contribution is 8.17. The number of carbonyl (C=O) groups is 1. The normalized spacial score (nSPS) is 19.8. The molecule has 1 unspecified atom stereocenters. The van der Waals surface area contributed by atoms with E-state index in [1.165, 1.54) is 6.07 Å². The first-order valence-corrected chi connectivity index (χ1v) is 13.0. The van der Waals surface area contributed by atoms with E-state index in [0.29, 0.717) is 46.1 Å². The van der Waals surface area contributed by atoms with E-state index in [4.69, 9.17) is 4.42 Å². The van der Waals surface area contributed by atoms with Gasteiger partial charge in [0.2, 0.25) is 5.95 Å². The number of nitrogens with one attached hydrogen (secondary N) is 2. The molecule has 12 heteroatoms. The lowest BCUT2D eigenvalue weighted by molar-refractivity contribution is -0.137. The lowest BCUT2D eigenvalue weighted by Crippen LogP contribution is -2.38. The van der Waals surface area contributed by atoms with Crippen LogP contribution in [-0.4, -0.2) is 46.2 Å². The summed E-state index contributed by atoms with van der Waals surface area (Å²) in [5, 5.41) is 15.4. The van der Waals surface area contributed by atoms with Crippen molar-refractivity contribution in [2.45, 2.75) is 31.8 Å². The number of halogens is 3. The van der Waals surface area contributed by atoms with Gasteiger partial charge in [-0.15, -0.1) is 0 Å². The van der Waals surface area contributed by atoms with E-state index in [9.17, 15) is 23.1 Å². The number of thioether (sulfide) groups is 1. The molecule has 0 aliphatic carbocycles. The zero-order valence-corrected chi connectivity index (χ0v) is 21.1. The number of rotatable bonds is 7. The third-order valence-corrected chi connectivity index (χ3v) is 7.33. The van der Waals surface area contributed by atoms with Gasteiger partial charge in [-0.1, -0.05) is 12.1 Å². The van der Waals surface area contributed by atoms with Gasteiger partial charge in [0.1, 0.15) is 11.5 Å². The van der Waals surface area contributed by atoms with Crippen molar-refractivity contribution in [2.24, 2.45) is 5.92 Å². The fraction of sp³-hybridized carbons (Fsp3) is 0.346. The Morgan fingerprint density at radius 1 is 1.21 bits per heavy atom. The first-order chi connectivity index (χ1) is 18.2. The van der Waals surface area contributed by atoms with Gasteiger partial charge >= 0.3 is 6.18 Å². The molecule has 0 spiro atoms. The van der Waals surface area contributed by atoms with E-state index in [2.05, 4.69) is 25.5 Å². The average molecular weight is 546 g/mol. The van der Waals surface area contributed by atoms with Crippen molar-refractivity contribution >= 4 is 29.0 Å². The Kier molecular flexibility index (Phi) is 7.73. The molecular formula is C26H26F3N5O3S. The Balaban J connectivity index is 1.10. The van der Waals surface area contributed by atoms with E-state index in [0.717, 1.165) is 56.4 Å². The van der Waals surface area contributed by atoms with E-state index >= 15 is 0 Å². The molecule has 3 N–H and O–H groups in total. The molecule has 2 aliphatic rings. The second-order valence-corrected chi connectivity index (χ2v) is 10.2. The third kappa shape index (κ3) is 6.37. The predicted octanol–water partition coefficient (Wildman–Crippen LogP) is 4.88. The predicted molar refractivity (Wildman–Crippen MR) is 138 cm³/mol. The van der Waals surface area contributed by atoms with Crippen LogP contribution in [0.5, 0.6) is 0 Å². The summed E-state index contributed by atoms with van der Waals surface area (Å²) in [5.74, 6) is 2.14. The van der Waals surface area contributed by atoms with Crippen molar-refractivity contribution in [3.05, 3.63) is 70.6 Å². The minimum Gasteiger partial charge on any atom is -0.460 e. The summed E-state index contributed by atoms with van der Waals surface area (Å²) in [7, 11) is 0. The minimum absolute atomic E-state index is 0.295. The zero-order valence-electron chi connectivity index (χ0n) is 20.2. The number of aromatic nitrogens is 2. The van der Waals surface area contributed by atoms with Crippen LogP contribution >= 0.6 is 11.8 Å². The molecule has 0 radical (unpaired) electrons. The lowest BCUT2D eigenvalue weighted by Gasteiger charge is -2.32. The summed E-state index contributed by atoms with van der Waals surface area (Å²) in [6.45, 7) is 2.87. The largest absolute Gasteiger partial charge is 0.460 e. The number of hydrogen-bond acceptors (Lipinski definition) is 8. The number of alkyl halides is 3. The number of furan rings is 1. The van der Waals surface area contributed by atoms with Gasteiger partial charge < -0.3 is 25.1 Å². The second-order valence-electron chi connectivity index (χ2n) is 9.17. The Bertz CT molecular complexity index is 1320. The van der Waals surface area contributed by atoms with Gasteiger partial charge in [0, 0.05) is 29.8 Å². The molecule has 2 fully saturated rings. The smallest absolute Gasteiger partial charge is 0.416 e. The molecule has 0 bridgehead atoms. The van der Waals surface area contributed by atoms with Gasteiger partial charge in [-0.25, -0.2) is 9.97 Å². The van der Waals surface area contributed by atoms with Gasteiger partial charge in [0.15, 0.2) is 6.23 Å². The summed E-state index contributed by atoms with van der Waals surface area (Å²) in [6.07, 6.45) is -0.164. The van der Waals surface area contributed by atoms with Gasteiger partial charge in [0.05, 0.1) is 17.8 Å². The van der Waals surface area contributed by atoms with Gasteiger partial charge in [-0.05, 0) is 73.5 Å². The van der Waals surface area contributed by atoms with Crippen molar-refractivity contribution in [1.29, 1.82) is 0 Å². The molecule has 1 atom stereocenters. The van der Waals surface area contributed by atoms with Crippen LogP contribution in [-0.2, 0) is 12.7 Å². The lowest BCUT2D eigenvalue weighted by atomic mass is 9.97. The summed E-state index contributed by atoms with van der Waals surface area (Å²) in [5.41, 5.74) is 0.316. The van der Waals surface area contributed by atoms with Gasteiger partial charge in [-0.2, -0.15) is 13.2 Å². The molecule has 38 heavy (non-hydrogen) atoms. The fourth-order valence-electron chi connectivity index (χ4n) is 4.44. The Hall–Kier alpha value is -3.35. The Morgan fingerprint density at radius 3 is 2.76 bits per heavy atom. The molecule has 4 heterocycles. The second kappa shape index (κ2) is 11.2. The molecule has 200 valence electrons. The number of piperidine rings is 1. The molecule has 1 aromatic carbocycles. The highest BCUT2D eigenvalue weighted by Crippen LogP contribution is 2.33. The van der Waals surface area contributed by atoms with Crippen LogP contribution in [0.4, 0.5) is 23.9 Å². The van der Waals surface area contributed by atoms with Crippen molar-refractivity contribution in [3.8, 4) is 11.3 Å². The fourth-order valence-corrected chi connectivity index (χ4v) is 5.17. The highest BCUT2D eigenvalue weighted by atomic mass is 32.2. The molecule has 2 aromatic heterocycles. The van der Waals surface area contributed by atoms with Gasteiger partial charge in [-0.3, -0.25) is 4.79 Å². The Morgan fingerprint density at radius 2 is 2.03 bits per heavy atom. The number of anilines is 1. The molecule has 1 amide bonds. The number of benzene rings is 1. The topological polar surface area (TPSA) is 104 Å². The molecular weight excluding hydrogens is 519 g/mol. The number of carbonyl (C=O) groups excluding carboxylic acids is 1. The number of aliphatic hydroxyl groups excluding tert-OH is 1. The average Bonchev–Trinajstić information content (AvgIpc) is 3.50. The van der Waals surface area contributed by atoms with E-state index in [1.54, 1.807) is 36.5 Å². The van der Waals surface area contributed by atoms with Crippen LogP contribution in [0.2, 0.25) is 0 Å². The highest BCUT2D eigenvalue weighted by Gasteiger charge is 2.30. The van der Waals surface area contributed by atoms with Crippen LogP contribution in [0.1, 0.15) is 29.9 Å². The molecule has 5 rings (SSSR count). The van der Waals surface area contributed by atoms with Crippen LogP contribution in [0, 0.1) is 5.92 Å². The zero-order chi connectivity index (χ0) is 26.7. The summed E-state index contributed by atoms with van der Waals surface area (Å²) < 4.78 is 44.8. The summed E-state index contributed by atoms with van der Waals surface area (Å²) in [4.78, 5) is 23.0. The number of nitrogens with zero attached hydrogens (tertiary/aromatic N) is 3. The van der Waals surface area contributed by atoms with Crippen molar-refractivity contribution < 1.29 is 27.5 Å². The molecule has 8 nitrogen and oxygen atoms in total. The number of aliphatic hydroxyl groups is 1. The maximum Gasteiger partial charge on any atom is 0.416 e. The van der Waals surface area contributed by atoms with Crippen LogP contribution in [0.15, 0.2) is 58.0 Å². The molecule has 0 saturated carbocycles. The van der Waals surface area contributed by atoms with Gasteiger partial charge in [0.25, 0.3) is 5.24 Å².